The van der Waals surface area contributed by atoms with Crippen molar-refractivity contribution in [2.24, 2.45) is 5.41 Å². The van der Waals surface area contributed by atoms with E-state index in [9.17, 15) is 0 Å². The Bertz CT molecular complexity index is 369. The van der Waals surface area contributed by atoms with Crippen molar-refractivity contribution in [2.45, 2.75) is 73.0 Å². The lowest BCUT2D eigenvalue weighted by Gasteiger charge is -2.33. The highest BCUT2D eigenvalue weighted by molar-refractivity contribution is 5.00. The molecule has 1 rings (SSSR count). The van der Waals surface area contributed by atoms with Crippen LogP contribution in [0.5, 0.6) is 0 Å². The molecule has 0 atom stereocenters. The summed E-state index contributed by atoms with van der Waals surface area (Å²) in [6.07, 6.45) is 3.20. The van der Waals surface area contributed by atoms with Crippen molar-refractivity contribution in [1.82, 2.24) is 15.1 Å². The Kier molecular flexibility index (Phi) is 4.60. The molecule has 0 amide bonds. The molecule has 104 valence electrons. The maximum atomic E-state index is 4.56. The average Bonchev–Trinajstić information content (AvgIpc) is 2.59. The lowest BCUT2D eigenvalue weighted by Crippen LogP contribution is -2.41. The summed E-state index contributed by atoms with van der Waals surface area (Å²) in [5, 5.41) is 8.17. The summed E-state index contributed by atoms with van der Waals surface area (Å²) in [4.78, 5) is 0. The molecule has 0 aliphatic heterocycles. The van der Waals surface area contributed by atoms with Crippen LogP contribution in [-0.4, -0.2) is 15.3 Å². The molecule has 0 aliphatic rings. The van der Waals surface area contributed by atoms with Crippen molar-refractivity contribution in [3.05, 3.63) is 18.0 Å². The van der Waals surface area contributed by atoms with Gasteiger partial charge in [0.1, 0.15) is 0 Å². The van der Waals surface area contributed by atoms with E-state index in [0.717, 1.165) is 18.7 Å². The molecule has 1 aromatic heterocycles. The molecule has 0 saturated carbocycles. The van der Waals surface area contributed by atoms with Gasteiger partial charge in [-0.1, -0.05) is 20.8 Å². The zero-order valence-electron chi connectivity index (χ0n) is 13.0. The van der Waals surface area contributed by atoms with Gasteiger partial charge in [-0.05, 0) is 45.6 Å². The van der Waals surface area contributed by atoms with Crippen LogP contribution >= 0.6 is 0 Å². The molecule has 0 fully saturated rings. The van der Waals surface area contributed by atoms with Crippen LogP contribution in [0.25, 0.3) is 0 Å². The van der Waals surface area contributed by atoms with Crippen molar-refractivity contribution in [2.75, 3.05) is 0 Å². The SMILES string of the molecule is CC(C)n1ccc(CNC(C)(C)CC(C)(C)C)n1. The third-order valence-corrected chi connectivity index (χ3v) is 2.91. The monoisotopic (exact) mass is 251 g/mol. The molecule has 18 heavy (non-hydrogen) atoms. The molecule has 3 nitrogen and oxygen atoms in total. The molecule has 0 unspecified atom stereocenters. The van der Waals surface area contributed by atoms with Crippen LogP contribution in [0.15, 0.2) is 12.3 Å². The highest BCUT2D eigenvalue weighted by Crippen LogP contribution is 2.26. The van der Waals surface area contributed by atoms with Gasteiger partial charge < -0.3 is 5.32 Å². The van der Waals surface area contributed by atoms with Crippen LogP contribution in [-0.2, 0) is 6.54 Å². The Hall–Kier alpha value is -0.830. The Morgan fingerprint density at radius 3 is 2.28 bits per heavy atom. The van der Waals surface area contributed by atoms with Gasteiger partial charge in [0, 0.05) is 24.3 Å². The van der Waals surface area contributed by atoms with Crippen molar-refractivity contribution >= 4 is 0 Å². The minimum atomic E-state index is 0.139. The van der Waals surface area contributed by atoms with Gasteiger partial charge in [-0.3, -0.25) is 4.68 Å². The molecule has 3 heteroatoms. The Morgan fingerprint density at radius 1 is 1.22 bits per heavy atom. The Balaban J connectivity index is 2.53. The molecule has 1 N–H and O–H groups in total. The van der Waals surface area contributed by atoms with E-state index < -0.39 is 0 Å². The molecular formula is C15H29N3. The number of hydrogen-bond donors (Lipinski definition) is 1. The molecule has 0 spiro atoms. The lowest BCUT2D eigenvalue weighted by atomic mass is 9.82. The Labute approximate surface area is 112 Å². The summed E-state index contributed by atoms with van der Waals surface area (Å²) in [6, 6.07) is 2.53. The average molecular weight is 251 g/mol. The molecule has 1 aromatic rings. The molecule has 0 aliphatic carbocycles. The largest absolute Gasteiger partial charge is 0.306 e. The molecule has 0 bridgehead atoms. The van der Waals surface area contributed by atoms with E-state index in [2.05, 4.69) is 71.1 Å². The van der Waals surface area contributed by atoms with E-state index in [1.54, 1.807) is 0 Å². The first-order valence-electron chi connectivity index (χ1n) is 6.88. The van der Waals surface area contributed by atoms with Gasteiger partial charge in [0.25, 0.3) is 0 Å². The fraction of sp³-hybridized carbons (Fsp3) is 0.800. The smallest absolute Gasteiger partial charge is 0.0762 e. The van der Waals surface area contributed by atoms with Gasteiger partial charge in [-0.15, -0.1) is 0 Å². The van der Waals surface area contributed by atoms with E-state index in [4.69, 9.17) is 0 Å². The predicted octanol–water partition coefficient (Wildman–Crippen LogP) is 3.77. The van der Waals surface area contributed by atoms with Gasteiger partial charge in [0.2, 0.25) is 0 Å². The molecular weight excluding hydrogens is 222 g/mol. The van der Waals surface area contributed by atoms with E-state index in [-0.39, 0.29) is 5.54 Å². The van der Waals surface area contributed by atoms with E-state index in [0.29, 0.717) is 11.5 Å². The van der Waals surface area contributed by atoms with Gasteiger partial charge in [0.05, 0.1) is 5.69 Å². The summed E-state index contributed by atoms with van der Waals surface area (Å²) in [7, 11) is 0. The first-order valence-corrected chi connectivity index (χ1v) is 6.88. The van der Waals surface area contributed by atoms with Crippen LogP contribution in [0.2, 0.25) is 0 Å². The lowest BCUT2D eigenvalue weighted by molar-refractivity contribution is 0.240. The van der Waals surface area contributed by atoms with Crippen LogP contribution < -0.4 is 5.32 Å². The van der Waals surface area contributed by atoms with E-state index in [1.807, 2.05) is 4.68 Å². The quantitative estimate of drug-likeness (QED) is 0.863. The molecule has 1 heterocycles. The first kappa shape index (κ1) is 15.2. The highest BCUT2D eigenvalue weighted by Gasteiger charge is 2.24. The zero-order valence-corrected chi connectivity index (χ0v) is 13.0. The van der Waals surface area contributed by atoms with Crippen LogP contribution in [0.3, 0.4) is 0 Å². The zero-order chi connectivity index (χ0) is 14.0. The molecule has 0 saturated heterocycles. The normalized spacial score (nSPS) is 13.3. The van der Waals surface area contributed by atoms with Crippen molar-refractivity contribution in [3.8, 4) is 0 Å². The minimum absolute atomic E-state index is 0.139. The van der Waals surface area contributed by atoms with Gasteiger partial charge in [-0.25, -0.2) is 0 Å². The van der Waals surface area contributed by atoms with E-state index in [1.165, 1.54) is 0 Å². The fourth-order valence-electron chi connectivity index (χ4n) is 2.48. The van der Waals surface area contributed by atoms with Gasteiger partial charge in [-0.2, -0.15) is 5.10 Å². The topological polar surface area (TPSA) is 29.9 Å². The second-order valence-electron chi connectivity index (χ2n) is 7.36. The number of rotatable bonds is 5. The number of nitrogens with zero attached hydrogens (tertiary/aromatic N) is 2. The van der Waals surface area contributed by atoms with Gasteiger partial charge >= 0.3 is 0 Å². The molecule has 0 radical (unpaired) electrons. The maximum Gasteiger partial charge on any atom is 0.0762 e. The van der Waals surface area contributed by atoms with Crippen LogP contribution in [0, 0.1) is 5.41 Å². The summed E-state index contributed by atoms with van der Waals surface area (Å²) >= 11 is 0. The summed E-state index contributed by atoms with van der Waals surface area (Å²) in [5.41, 5.74) is 1.60. The highest BCUT2D eigenvalue weighted by atomic mass is 15.3. The van der Waals surface area contributed by atoms with E-state index >= 15 is 0 Å². The number of aromatic nitrogens is 2. The second-order valence-corrected chi connectivity index (χ2v) is 7.36. The summed E-state index contributed by atoms with van der Waals surface area (Å²) < 4.78 is 2.01. The first-order chi connectivity index (χ1) is 8.09. The summed E-state index contributed by atoms with van der Waals surface area (Å²) in [6.45, 7) is 16.5. The fourth-order valence-corrected chi connectivity index (χ4v) is 2.48. The van der Waals surface area contributed by atoms with Gasteiger partial charge in [0.15, 0.2) is 0 Å². The third-order valence-electron chi connectivity index (χ3n) is 2.91. The maximum absolute atomic E-state index is 4.56. The summed E-state index contributed by atoms with van der Waals surface area (Å²) in [5.74, 6) is 0. The van der Waals surface area contributed by atoms with Crippen molar-refractivity contribution < 1.29 is 0 Å². The second kappa shape index (κ2) is 5.43. The number of hydrogen-bond acceptors (Lipinski definition) is 2. The third kappa shape index (κ3) is 5.21. The Morgan fingerprint density at radius 2 is 1.83 bits per heavy atom. The van der Waals surface area contributed by atoms with Crippen LogP contribution in [0.4, 0.5) is 0 Å². The van der Waals surface area contributed by atoms with Crippen molar-refractivity contribution in [1.29, 1.82) is 0 Å². The number of nitrogens with one attached hydrogen (secondary N) is 1. The minimum Gasteiger partial charge on any atom is -0.306 e. The predicted molar refractivity (Wildman–Crippen MR) is 77.6 cm³/mol. The molecule has 0 aromatic carbocycles. The van der Waals surface area contributed by atoms with Crippen LogP contribution in [0.1, 0.15) is 66.6 Å². The standard InChI is InChI=1S/C15H29N3/c1-12(2)18-9-8-13(17-18)10-16-15(6,7)11-14(3,4)5/h8-9,12,16H,10-11H2,1-7H3. The van der Waals surface area contributed by atoms with Crippen molar-refractivity contribution in [3.63, 3.8) is 0 Å².